The van der Waals surface area contributed by atoms with Crippen molar-refractivity contribution in [2.45, 2.75) is 12.8 Å². The Bertz CT molecular complexity index is 681. The molecule has 0 spiro atoms. The fraction of sp³-hybridized carbons (Fsp3) is 0.400. The molecule has 1 aromatic rings. The van der Waals surface area contributed by atoms with Crippen LogP contribution >= 0.6 is 23.2 Å². The van der Waals surface area contributed by atoms with Gasteiger partial charge in [-0.1, -0.05) is 23.2 Å². The second-order valence-electron chi connectivity index (χ2n) is 3.73. The number of nitrogen functional groups attached to an aromatic ring is 1. The highest BCUT2D eigenvalue weighted by Crippen LogP contribution is 2.21. The molecule has 0 fully saturated rings. The van der Waals surface area contributed by atoms with Gasteiger partial charge in [0, 0.05) is 5.02 Å². The fourth-order valence-electron chi connectivity index (χ4n) is 1.05. The normalized spacial score (nSPS) is 10.4. The van der Waals surface area contributed by atoms with Gasteiger partial charge in [-0.05, 0) is 31.0 Å². The van der Waals surface area contributed by atoms with Crippen molar-refractivity contribution in [2.24, 2.45) is 4.36 Å². The predicted octanol–water partition coefficient (Wildman–Crippen LogP) is 2.29. The van der Waals surface area contributed by atoms with Crippen molar-refractivity contribution in [3.63, 3.8) is 0 Å². The van der Waals surface area contributed by atoms with Crippen molar-refractivity contribution in [3.05, 3.63) is 28.2 Å². The van der Waals surface area contributed by atoms with E-state index in [1.54, 1.807) is 18.2 Å². The maximum atomic E-state index is 10.1. The quantitative estimate of drug-likeness (QED) is 0.460. The van der Waals surface area contributed by atoms with E-state index in [0.717, 1.165) is 0 Å². The zero-order valence-electron chi connectivity index (χ0n) is 10.7. The molecule has 3 N–H and O–H groups in total. The number of hydrogen-bond acceptors (Lipinski definition) is 6. The first-order chi connectivity index (χ1) is 9.61. The molecule has 0 radical (unpaired) electrons. The summed E-state index contributed by atoms with van der Waals surface area (Å²) in [4.78, 5) is 0. The van der Waals surface area contributed by atoms with Crippen LogP contribution < -0.4 is 5.73 Å². The number of nitrogens with two attached hydrogens (primary N) is 1. The molecule has 0 saturated heterocycles. The van der Waals surface area contributed by atoms with Gasteiger partial charge in [-0.2, -0.15) is 21.2 Å². The van der Waals surface area contributed by atoms with Crippen LogP contribution in [0.15, 0.2) is 22.6 Å². The second kappa shape index (κ2) is 9.96. The summed E-state index contributed by atoms with van der Waals surface area (Å²) in [6.45, 7) is 0.0611. The zero-order valence-corrected chi connectivity index (χ0v) is 13.9. The predicted molar refractivity (Wildman–Crippen MR) is 82.7 cm³/mol. The van der Waals surface area contributed by atoms with Gasteiger partial charge in [-0.15, -0.1) is 0 Å². The molecule has 21 heavy (non-hydrogen) atoms. The molecule has 0 aromatic heterocycles. The zero-order chi connectivity index (χ0) is 16.5. The van der Waals surface area contributed by atoms with Gasteiger partial charge in [0.05, 0.1) is 23.0 Å². The molecule has 0 aliphatic carbocycles. The molecule has 11 heteroatoms. The fourth-order valence-corrected chi connectivity index (χ4v) is 2.20. The Morgan fingerprint density at radius 3 is 2.29 bits per heavy atom. The van der Waals surface area contributed by atoms with Crippen LogP contribution in [0.5, 0.6) is 0 Å². The number of rotatable bonds is 5. The number of benzene rings is 1. The van der Waals surface area contributed by atoms with Gasteiger partial charge in [0.15, 0.2) is 0 Å². The van der Waals surface area contributed by atoms with Crippen molar-refractivity contribution in [3.8, 4) is 0 Å². The maximum Gasteiger partial charge on any atom is 0.311 e. The Labute approximate surface area is 134 Å². The first-order valence-electron chi connectivity index (χ1n) is 5.54. The first kappa shape index (κ1) is 20.1. The van der Waals surface area contributed by atoms with Gasteiger partial charge in [0.1, 0.15) is 0 Å². The van der Waals surface area contributed by atoms with E-state index in [1.807, 2.05) is 0 Å². The van der Waals surface area contributed by atoms with Crippen LogP contribution in [-0.4, -0.2) is 33.7 Å². The minimum Gasteiger partial charge on any atom is -0.397 e. The largest absolute Gasteiger partial charge is 0.397 e. The molecule has 1 aromatic carbocycles. The molecule has 0 aliphatic heterocycles. The van der Waals surface area contributed by atoms with Gasteiger partial charge in [-0.25, -0.2) is 0 Å². The van der Waals surface area contributed by atoms with Gasteiger partial charge in [-0.3, -0.25) is 4.55 Å². The van der Waals surface area contributed by atoms with Gasteiger partial charge in [0.2, 0.25) is 0 Å². The van der Waals surface area contributed by atoms with Gasteiger partial charge in [0.25, 0.3) is 10.1 Å². The Morgan fingerprint density at radius 1 is 1.24 bits per heavy atom. The number of nitrogens with zero attached hydrogens (tertiary/aromatic N) is 1. The second-order valence-corrected chi connectivity index (χ2v) is 6.84. The van der Waals surface area contributed by atoms with E-state index in [-0.39, 0.29) is 18.7 Å². The third kappa shape index (κ3) is 12.6. The standard InChI is InChI=1S/C6H5Cl2N.C4H9NO5S2/c7-4-1-2-5(8)6(9)3-4;6-11(7)5-3-1-2-4-12(8,9)10/h1-3H,9H2;1-4H2,(H,8,9,10). The summed E-state index contributed by atoms with van der Waals surface area (Å²) in [6.07, 6.45) is 0.535. The van der Waals surface area contributed by atoms with Crippen LogP contribution in [0.25, 0.3) is 0 Å². The highest BCUT2D eigenvalue weighted by molar-refractivity contribution is 7.85. The van der Waals surface area contributed by atoms with Crippen molar-refractivity contribution in [1.82, 2.24) is 0 Å². The molecule has 0 aliphatic rings. The Hall–Kier alpha value is -0.870. The first-order valence-corrected chi connectivity index (χ1v) is 8.94. The van der Waals surface area contributed by atoms with E-state index in [4.69, 9.17) is 33.5 Å². The van der Waals surface area contributed by atoms with E-state index >= 15 is 0 Å². The van der Waals surface area contributed by atoms with Gasteiger partial charge >= 0.3 is 10.5 Å². The minimum atomic E-state index is -3.92. The van der Waals surface area contributed by atoms with E-state index < -0.39 is 20.6 Å². The molecule has 0 amide bonds. The number of unbranched alkanes of at least 4 members (excludes halogenated alkanes) is 1. The van der Waals surface area contributed by atoms with Crippen LogP contribution in [0.1, 0.15) is 12.8 Å². The summed E-state index contributed by atoms with van der Waals surface area (Å²) in [5.74, 6) is -0.353. The van der Waals surface area contributed by atoms with Crippen LogP contribution in [0.4, 0.5) is 5.69 Å². The summed E-state index contributed by atoms with van der Waals surface area (Å²) < 4.78 is 51.2. The summed E-state index contributed by atoms with van der Waals surface area (Å²) >= 11 is 11.2. The number of hydrogen-bond donors (Lipinski definition) is 2. The maximum absolute atomic E-state index is 10.1. The SMILES string of the molecule is Nc1cc(Cl)ccc1Cl.O=S(=O)=NCCCCS(=O)(=O)O. The number of anilines is 1. The molecule has 0 bridgehead atoms. The van der Waals surface area contributed by atoms with Crippen molar-refractivity contribution in [1.29, 1.82) is 0 Å². The van der Waals surface area contributed by atoms with Crippen molar-refractivity contribution < 1.29 is 21.4 Å². The molecular formula is C10H14Cl2N2O5S2. The summed E-state index contributed by atoms with van der Waals surface area (Å²) in [5.41, 5.74) is 5.92. The lowest BCUT2D eigenvalue weighted by molar-refractivity contribution is 0.480. The third-order valence-corrected chi connectivity index (χ3v) is 3.74. The van der Waals surface area contributed by atoms with E-state index in [9.17, 15) is 16.8 Å². The minimum absolute atomic E-state index is 0.0611. The highest BCUT2D eigenvalue weighted by atomic mass is 35.5. The summed E-state index contributed by atoms with van der Waals surface area (Å²) in [7, 11) is -6.35. The van der Waals surface area contributed by atoms with Crippen molar-refractivity contribution >= 4 is 49.5 Å². The Kier molecular flexibility index (Phi) is 9.54. The van der Waals surface area contributed by atoms with Crippen LogP contribution in [-0.2, 0) is 20.6 Å². The topological polar surface area (TPSA) is 127 Å². The third-order valence-electron chi connectivity index (χ3n) is 1.97. The average molecular weight is 377 g/mol. The van der Waals surface area contributed by atoms with Crippen LogP contribution in [0.2, 0.25) is 10.0 Å². The molecular weight excluding hydrogens is 363 g/mol. The summed E-state index contributed by atoms with van der Waals surface area (Å²) in [6, 6.07) is 4.98. The molecule has 0 atom stereocenters. The molecule has 0 heterocycles. The van der Waals surface area contributed by atoms with Crippen LogP contribution in [0.3, 0.4) is 0 Å². The van der Waals surface area contributed by atoms with Gasteiger partial charge < -0.3 is 5.73 Å². The molecule has 120 valence electrons. The Morgan fingerprint density at radius 2 is 1.86 bits per heavy atom. The molecule has 0 saturated carbocycles. The highest BCUT2D eigenvalue weighted by Gasteiger charge is 2.02. The average Bonchev–Trinajstić information content (AvgIpc) is 2.33. The smallest absolute Gasteiger partial charge is 0.311 e. The lowest BCUT2D eigenvalue weighted by Crippen LogP contribution is -2.03. The van der Waals surface area contributed by atoms with E-state index in [0.29, 0.717) is 22.2 Å². The Balaban J connectivity index is 0.000000394. The van der Waals surface area contributed by atoms with Crippen LogP contribution in [0, 0.1) is 0 Å². The molecule has 0 unspecified atom stereocenters. The number of halogens is 2. The lowest BCUT2D eigenvalue weighted by atomic mass is 10.3. The summed E-state index contributed by atoms with van der Waals surface area (Å²) in [5, 5.41) is 1.15. The lowest BCUT2D eigenvalue weighted by Gasteiger charge is -1.95. The van der Waals surface area contributed by atoms with E-state index in [1.165, 1.54) is 0 Å². The van der Waals surface area contributed by atoms with E-state index in [2.05, 4.69) is 4.36 Å². The monoisotopic (exact) mass is 376 g/mol. The van der Waals surface area contributed by atoms with Crippen molar-refractivity contribution in [2.75, 3.05) is 18.0 Å². The molecule has 7 nitrogen and oxygen atoms in total. The molecule has 1 rings (SSSR count).